The van der Waals surface area contributed by atoms with Crippen molar-refractivity contribution < 1.29 is 14.3 Å². The third-order valence-corrected chi connectivity index (χ3v) is 3.02. The molecule has 0 radical (unpaired) electrons. The van der Waals surface area contributed by atoms with Crippen LogP contribution in [0.15, 0.2) is 0 Å². The summed E-state index contributed by atoms with van der Waals surface area (Å²) in [6, 6.07) is 0. The van der Waals surface area contributed by atoms with Gasteiger partial charge in [-0.2, -0.15) is 0 Å². The van der Waals surface area contributed by atoms with E-state index in [1.54, 1.807) is 0 Å². The van der Waals surface area contributed by atoms with Crippen molar-refractivity contribution in [2.24, 2.45) is 0 Å². The van der Waals surface area contributed by atoms with Crippen LogP contribution in [0.3, 0.4) is 0 Å². The summed E-state index contributed by atoms with van der Waals surface area (Å²) in [6.45, 7) is 4.49. The van der Waals surface area contributed by atoms with Crippen molar-refractivity contribution >= 4 is 27.8 Å². The van der Waals surface area contributed by atoms with Gasteiger partial charge in [0.1, 0.15) is 6.54 Å². The summed E-state index contributed by atoms with van der Waals surface area (Å²) < 4.78 is 4.54. The van der Waals surface area contributed by atoms with Gasteiger partial charge >= 0.3 is 5.97 Å². The van der Waals surface area contributed by atoms with Crippen LogP contribution in [-0.2, 0) is 14.3 Å². The number of amides is 1. The first kappa shape index (κ1) is 14.4. The average Bonchev–Trinajstić information content (AvgIpc) is 2.26. The minimum Gasteiger partial charge on any atom is -0.468 e. The molecule has 0 aromatic carbocycles. The molecule has 1 unspecified atom stereocenters. The molecule has 0 heterocycles. The van der Waals surface area contributed by atoms with Crippen LogP contribution < -0.4 is 0 Å². The van der Waals surface area contributed by atoms with Crippen molar-refractivity contribution in [1.29, 1.82) is 0 Å². The van der Waals surface area contributed by atoms with Crippen molar-refractivity contribution in [2.45, 2.75) is 31.5 Å². The molecule has 5 heteroatoms. The lowest BCUT2D eigenvalue weighted by Gasteiger charge is -2.22. The van der Waals surface area contributed by atoms with Gasteiger partial charge in [-0.25, -0.2) is 0 Å². The van der Waals surface area contributed by atoms with Crippen LogP contribution >= 0.6 is 15.9 Å². The minimum absolute atomic E-state index is 0.0330. The molecule has 0 rings (SSSR count). The zero-order valence-electron chi connectivity index (χ0n) is 9.46. The van der Waals surface area contributed by atoms with Crippen molar-refractivity contribution in [3.8, 4) is 0 Å². The number of carbonyl (C=O) groups is 2. The predicted octanol–water partition coefficient (Wildman–Crippen LogP) is 1.57. The highest BCUT2D eigenvalue weighted by molar-refractivity contribution is 9.10. The Morgan fingerprint density at radius 3 is 2.40 bits per heavy atom. The van der Waals surface area contributed by atoms with E-state index >= 15 is 0 Å². The topological polar surface area (TPSA) is 46.6 Å². The van der Waals surface area contributed by atoms with Crippen LogP contribution in [0.1, 0.15) is 26.7 Å². The number of rotatable bonds is 6. The minimum atomic E-state index is -0.382. The summed E-state index contributed by atoms with van der Waals surface area (Å²) in [6.07, 6.45) is 1.53. The standard InChI is InChI=1S/C10H18BrNO3/c1-4-6-12(7-9(13)15-3)10(14)8(11)5-2/h8H,4-7H2,1-3H3. The first-order valence-electron chi connectivity index (χ1n) is 5.06. The third-order valence-electron chi connectivity index (χ3n) is 1.98. The Labute approximate surface area is 99.1 Å². The number of halogens is 1. The van der Waals surface area contributed by atoms with Gasteiger partial charge in [-0.3, -0.25) is 9.59 Å². The number of hydrogen-bond acceptors (Lipinski definition) is 3. The summed E-state index contributed by atoms with van der Waals surface area (Å²) in [4.78, 5) is 24.2. The lowest BCUT2D eigenvalue weighted by Crippen LogP contribution is -2.40. The summed E-state index contributed by atoms with van der Waals surface area (Å²) in [5.41, 5.74) is 0. The van der Waals surface area contributed by atoms with Gasteiger partial charge in [0.25, 0.3) is 0 Å². The number of nitrogens with zero attached hydrogens (tertiary/aromatic N) is 1. The second-order valence-electron chi connectivity index (χ2n) is 3.21. The molecule has 0 aromatic rings. The van der Waals surface area contributed by atoms with E-state index in [9.17, 15) is 9.59 Å². The van der Waals surface area contributed by atoms with Crippen molar-refractivity contribution in [3.63, 3.8) is 0 Å². The highest BCUT2D eigenvalue weighted by atomic mass is 79.9. The molecule has 0 bridgehead atoms. The van der Waals surface area contributed by atoms with E-state index in [0.29, 0.717) is 13.0 Å². The Bertz CT molecular complexity index is 221. The zero-order valence-corrected chi connectivity index (χ0v) is 11.0. The van der Waals surface area contributed by atoms with E-state index in [4.69, 9.17) is 0 Å². The van der Waals surface area contributed by atoms with Gasteiger partial charge < -0.3 is 9.64 Å². The van der Waals surface area contributed by atoms with Gasteiger partial charge in [-0.05, 0) is 12.8 Å². The number of alkyl halides is 1. The van der Waals surface area contributed by atoms with E-state index in [1.807, 2.05) is 13.8 Å². The quantitative estimate of drug-likeness (QED) is 0.548. The smallest absolute Gasteiger partial charge is 0.325 e. The molecule has 4 nitrogen and oxygen atoms in total. The first-order chi connectivity index (χ1) is 7.06. The van der Waals surface area contributed by atoms with E-state index < -0.39 is 0 Å². The van der Waals surface area contributed by atoms with Gasteiger partial charge in [-0.1, -0.05) is 29.8 Å². The van der Waals surface area contributed by atoms with E-state index in [2.05, 4.69) is 20.7 Å². The number of esters is 1. The molecule has 0 saturated carbocycles. The van der Waals surface area contributed by atoms with E-state index in [1.165, 1.54) is 12.0 Å². The molecule has 0 aliphatic carbocycles. The van der Waals surface area contributed by atoms with Crippen molar-refractivity contribution in [1.82, 2.24) is 4.90 Å². The third kappa shape index (κ3) is 5.16. The fraction of sp³-hybridized carbons (Fsp3) is 0.800. The summed E-state index contributed by atoms with van der Waals surface area (Å²) in [5.74, 6) is -0.433. The highest BCUT2D eigenvalue weighted by Crippen LogP contribution is 2.09. The molecule has 0 fully saturated rings. The predicted molar refractivity (Wildman–Crippen MR) is 61.9 cm³/mol. The van der Waals surface area contributed by atoms with Crippen LogP contribution in [-0.4, -0.2) is 41.8 Å². The SMILES string of the molecule is CCCN(CC(=O)OC)C(=O)C(Br)CC. The molecule has 0 aliphatic rings. The lowest BCUT2D eigenvalue weighted by atomic mass is 10.3. The molecule has 0 saturated heterocycles. The Kier molecular flexibility index (Phi) is 7.38. The molecule has 88 valence electrons. The zero-order chi connectivity index (χ0) is 11.8. The molecule has 0 aliphatic heterocycles. The van der Waals surface area contributed by atoms with Gasteiger partial charge in [0.2, 0.25) is 5.91 Å². The number of methoxy groups -OCH3 is 1. The number of hydrogen-bond donors (Lipinski definition) is 0. The molecule has 0 spiro atoms. The Morgan fingerprint density at radius 1 is 1.40 bits per heavy atom. The largest absolute Gasteiger partial charge is 0.468 e. The van der Waals surface area contributed by atoms with Gasteiger partial charge in [0, 0.05) is 6.54 Å². The Hall–Kier alpha value is -0.580. The normalized spacial score (nSPS) is 12.0. The Balaban J connectivity index is 4.37. The monoisotopic (exact) mass is 279 g/mol. The number of ether oxygens (including phenoxy) is 1. The molecule has 1 amide bonds. The molecular weight excluding hydrogens is 262 g/mol. The molecule has 0 N–H and O–H groups in total. The van der Waals surface area contributed by atoms with Crippen molar-refractivity contribution in [3.05, 3.63) is 0 Å². The van der Waals surface area contributed by atoms with Crippen LogP contribution in [0.25, 0.3) is 0 Å². The van der Waals surface area contributed by atoms with Crippen LogP contribution in [0.5, 0.6) is 0 Å². The average molecular weight is 280 g/mol. The van der Waals surface area contributed by atoms with E-state index in [-0.39, 0.29) is 23.2 Å². The molecule has 15 heavy (non-hydrogen) atoms. The van der Waals surface area contributed by atoms with Gasteiger partial charge in [0.05, 0.1) is 11.9 Å². The van der Waals surface area contributed by atoms with Crippen LogP contribution in [0.2, 0.25) is 0 Å². The maximum atomic E-state index is 11.8. The number of carbonyl (C=O) groups excluding carboxylic acids is 2. The van der Waals surface area contributed by atoms with Gasteiger partial charge in [0.15, 0.2) is 0 Å². The summed E-state index contributed by atoms with van der Waals surface area (Å²) in [7, 11) is 1.32. The second kappa shape index (κ2) is 7.68. The lowest BCUT2D eigenvalue weighted by molar-refractivity contribution is -0.146. The highest BCUT2D eigenvalue weighted by Gasteiger charge is 2.21. The fourth-order valence-corrected chi connectivity index (χ4v) is 1.42. The maximum absolute atomic E-state index is 11.8. The van der Waals surface area contributed by atoms with Crippen molar-refractivity contribution in [2.75, 3.05) is 20.2 Å². The summed E-state index contributed by atoms with van der Waals surface area (Å²) in [5, 5.41) is 0. The molecule has 0 aromatic heterocycles. The maximum Gasteiger partial charge on any atom is 0.325 e. The molecular formula is C10H18BrNO3. The Morgan fingerprint density at radius 2 is 2.00 bits per heavy atom. The molecule has 1 atom stereocenters. The van der Waals surface area contributed by atoms with E-state index in [0.717, 1.165) is 6.42 Å². The second-order valence-corrected chi connectivity index (χ2v) is 4.32. The summed E-state index contributed by atoms with van der Waals surface area (Å²) >= 11 is 3.28. The van der Waals surface area contributed by atoms with Gasteiger partial charge in [-0.15, -0.1) is 0 Å². The fourth-order valence-electron chi connectivity index (χ4n) is 1.13. The van der Waals surface area contributed by atoms with Crippen LogP contribution in [0.4, 0.5) is 0 Å². The first-order valence-corrected chi connectivity index (χ1v) is 5.98. The van der Waals surface area contributed by atoms with Crippen LogP contribution in [0, 0.1) is 0 Å².